The Morgan fingerprint density at radius 1 is 1.15 bits per heavy atom. The Morgan fingerprint density at radius 3 is 2.70 bits per heavy atom. The average molecular weight is 664 g/mol. The van der Waals surface area contributed by atoms with Crippen LogP contribution in [0, 0.1) is 11.3 Å². The number of ether oxygens (including phenoxy) is 2. The first-order chi connectivity index (χ1) is 22.7. The highest BCUT2D eigenvalue weighted by Gasteiger charge is 2.40. The van der Waals surface area contributed by atoms with Crippen LogP contribution in [-0.2, 0) is 22.5 Å². The van der Waals surface area contributed by atoms with Crippen LogP contribution in [-0.4, -0.2) is 104 Å². The molecule has 0 spiro atoms. The molecule has 0 aliphatic carbocycles. The van der Waals surface area contributed by atoms with Crippen LogP contribution in [0.4, 0.5) is 15.9 Å². The number of carbonyl (C=O) groups excluding carboxylic acids is 1. The number of piperazine rings is 1. The van der Waals surface area contributed by atoms with E-state index in [2.05, 4.69) is 34.1 Å². The van der Waals surface area contributed by atoms with Crippen molar-refractivity contribution in [2.24, 2.45) is 0 Å². The molecule has 2 aromatic carbocycles. The summed E-state index contributed by atoms with van der Waals surface area (Å²) >= 11 is 6.71. The molecule has 47 heavy (non-hydrogen) atoms. The number of nitriles is 1. The summed E-state index contributed by atoms with van der Waals surface area (Å²) in [6, 6.07) is 14.3. The molecule has 1 aromatic heterocycles. The molecule has 6 rings (SSSR count). The van der Waals surface area contributed by atoms with Gasteiger partial charge in [0, 0.05) is 82.0 Å². The van der Waals surface area contributed by atoms with Gasteiger partial charge in [0.25, 0.3) is 0 Å². The summed E-state index contributed by atoms with van der Waals surface area (Å²) in [7, 11) is 3.54. The van der Waals surface area contributed by atoms with Crippen molar-refractivity contribution in [1.29, 1.82) is 5.26 Å². The largest absolute Gasteiger partial charge is 0.462 e. The van der Waals surface area contributed by atoms with Crippen molar-refractivity contribution in [3.63, 3.8) is 0 Å². The van der Waals surface area contributed by atoms with Crippen LogP contribution < -0.4 is 14.5 Å². The minimum absolute atomic E-state index is 0.0422. The molecule has 3 atom stereocenters. The minimum atomic E-state index is -1.26. The molecule has 3 aliphatic heterocycles. The Balaban J connectivity index is 1.30. The van der Waals surface area contributed by atoms with Crippen molar-refractivity contribution in [3.05, 3.63) is 52.7 Å². The van der Waals surface area contributed by atoms with Crippen LogP contribution in [0.3, 0.4) is 0 Å². The van der Waals surface area contributed by atoms with Crippen molar-refractivity contribution in [2.45, 2.75) is 63.3 Å². The number of hydrogen-bond donors (Lipinski definition) is 0. The molecule has 2 fully saturated rings. The van der Waals surface area contributed by atoms with Gasteiger partial charge in [-0.2, -0.15) is 15.2 Å². The number of benzene rings is 2. The van der Waals surface area contributed by atoms with Gasteiger partial charge in [-0.1, -0.05) is 35.9 Å². The monoisotopic (exact) mass is 663 g/mol. The smallest absolute Gasteiger partial charge is 0.318 e. The topological polar surface area (TPSA) is 98.1 Å². The van der Waals surface area contributed by atoms with Gasteiger partial charge in [-0.25, -0.2) is 4.39 Å². The first kappa shape index (κ1) is 33.2. The lowest BCUT2D eigenvalue weighted by molar-refractivity contribution is -0.134. The summed E-state index contributed by atoms with van der Waals surface area (Å²) in [4.78, 5) is 31.3. The van der Waals surface area contributed by atoms with Gasteiger partial charge in [0.05, 0.1) is 35.8 Å². The molecule has 12 heteroatoms. The highest BCUT2D eigenvalue weighted by atomic mass is 35.5. The van der Waals surface area contributed by atoms with Crippen molar-refractivity contribution in [2.75, 3.05) is 69.9 Å². The second-order valence-corrected chi connectivity index (χ2v) is 13.6. The fraction of sp³-hybridized carbons (Fsp3) is 0.543. The van der Waals surface area contributed by atoms with Crippen LogP contribution in [0.15, 0.2) is 36.4 Å². The SMILES string of the molecule is COCCCC(=O)N1CCN(c2nc(OC[C@@H]3CC(C)(F)CN3C)nc3c2CCN(c2cccc4cccc(Cl)c24)C3)C[C@@H]1CC#N. The Labute approximate surface area is 281 Å². The van der Waals surface area contributed by atoms with Crippen LogP contribution in [0.1, 0.15) is 43.9 Å². The summed E-state index contributed by atoms with van der Waals surface area (Å²) in [5, 5.41) is 12.5. The van der Waals surface area contributed by atoms with Crippen molar-refractivity contribution in [3.8, 4) is 12.1 Å². The van der Waals surface area contributed by atoms with E-state index in [9.17, 15) is 14.4 Å². The first-order valence-electron chi connectivity index (χ1n) is 16.4. The molecule has 0 saturated carbocycles. The standard InChI is InChI=1S/C35H43ClFN7O3/c1-35(37)19-26(41(2)23-35)22-47-34-39-29-21-42(30-10-5-8-24-7-4-9-28(36)32(24)30)15-13-27(29)33(40-34)43-16-17-44(25(20-43)12-14-38)31(45)11-6-18-46-3/h4-5,7-10,25-26H,6,11-13,15-23H2,1-3H3/t25-,26-,35?/m0/s1. The highest BCUT2D eigenvalue weighted by Crippen LogP contribution is 2.37. The van der Waals surface area contributed by atoms with Crippen molar-refractivity contribution >= 4 is 39.8 Å². The summed E-state index contributed by atoms with van der Waals surface area (Å²) < 4.78 is 26.2. The number of nitrogens with zero attached hydrogens (tertiary/aromatic N) is 7. The number of fused-ring (bicyclic) bond motifs is 2. The number of anilines is 2. The van der Waals surface area contributed by atoms with Gasteiger partial charge in [-0.15, -0.1) is 0 Å². The number of rotatable bonds is 10. The van der Waals surface area contributed by atoms with Crippen LogP contribution in [0.2, 0.25) is 5.02 Å². The van der Waals surface area contributed by atoms with Gasteiger partial charge in [-0.05, 0) is 44.3 Å². The fourth-order valence-electron chi connectivity index (χ4n) is 7.35. The number of likely N-dealkylation sites (N-methyl/N-ethyl adjacent to an activating group) is 1. The quantitative estimate of drug-likeness (QED) is 0.277. The molecule has 10 nitrogen and oxygen atoms in total. The Bertz CT molecular complexity index is 1640. The average Bonchev–Trinajstić information content (AvgIpc) is 3.33. The second kappa shape index (κ2) is 14.2. The van der Waals surface area contributed by atoms with Gasteiger partial charge < -0.3 is 24.2 Å². The molecule has 0 N–H and O–H groups in total. The number of carbonyl (C=O) groups is 1. The number of alkyl halides is 1. The molecule has 0 bridgehead atoms. The summed E-state index contributed by atoms with van der Waals surface area (Å²) in [6.07, 6.45) is 2.35. The molecule has 2 saturated heterocycles. The maximum Gasteiger partial charge on any atom is 0.318 e. The number of likely N-dealkylation sites (tertiary alicyclic amines) is 1. The predicted octanol–water partition coefficient (Wildman–Crippen LogP) is 5.01. The molecular formula is C35H43ClFN7O3. The lowest BCUT2D eigenvalue weighted by atomic mass is 10.0. The molecule has 3 aliphatic rings. The molecule has 250 valence electrons. The van der Waals surface area contributed by atoms with E-state index in [1.54, 1.807) is 14.0 Å². The second-order valence-electron chi connectivity index (χ2n) is 13.2. The van der Waals surface area contributed by atoms with E-state index in [0.29, 0.717) is 70.0 Å². The van der Waals surface area contributed by atoms with Gasteiger partial charge in [0.1, 0.15) is 18.1 Å². The zero-order valence-corrected chi connectivity index (χ0v) is 28.2. The van der Waals surface area contributed by atoms with E-state index in [4.69, 9.17) is 31.0 Å². The van der Waals surface area contributed by atoms with E-state index in [1.165, 1.54) is 0 Å². The molecular weight excluding hydrogens is 621 g/mol. The van der Waals surface area contributed by atoms with E-state index >= 15 is 0 Å². The van der Waals surface area contributed by atoms with Crippen molar-refractivity contribution in [1.82, 2.24) is 19.8 Å². The maximum absolute atomic E-state index is 14.8. The zero-order valence-electron chi connectivity index (χ0n) is 27.4. The van der Waals surface area contributed by atoms with E-state index in [0.717, 1.165) is 40.1 Å². The van der Waals surface area contributed by atoms with Gasteiger partial charge in [-0.3, -0.25) is 9.69 Å². The number of hydrogen-bond acceptors (Lipinski definition) is 9. The lowest BCUT2D eigenvalue weighted by Gasteiger charge is -2.42. The molecule has 0 radical (unpaired) electrons. The maximum atomic E-state index is 14.8. The minimum Gasteiger partial charge on any atom is -0.462 e. The van der Waals surface area contributed by atoms with E-state index in [1.807, 2.05) is 35.0 Å². The van der Waals surface area contributed by atoms with Gasteiger partial charge in [0.15, 0.2) is 0 Å². The molecule has 3 aromatic rings. The first-order valence-corrected chi connectivity index (χ1v) is 16.8. The Kier molecular flexibility index (Phi) is 10.0. The van der Waals surface area contributed by atoms with Crippen molar-refractivity contribution < 1.29 is 18.7 Å². The highest BCUT2D eigenvalue weighted by molar-refractivity contribution is 6.36. The summed E-state index contributed by atoms with van der Waals surface area (Å²) in [6.45, 7) is 5.63. The Hall–Kier alpha value is -3.72. The number of aromatic nitrogens is 2. The van der Waals surface area contributed by atoms with Crippen LogP contribution in [0.25, 0.3) is 10.8 Å². The third-order valence-corrected chi connectivity index (χ3v) is 9.95. The normalized spacial score (nSPS) is 23.2. The third-order valence-electron chi connectivity index (χ3n) is 9.63. The Morgan fingerprint density at radius 2 is 1.96 bits per heavy atom. The van der Waals surface area contributed by atoms with Gasteiger partial charge >= 0.3 is 6.01 Å². The number of methoxy groups -OCH3 is 1. The van der Waals surface area contributed by atoms with E-state index in [-0.39, 0.29) is 37.0 Å². The van der Waals surface area contributed by atoms with E-state index < -0.39 is 5.67 Å². The molecule has 4 heterocycles. The zero-order chi connectivity index (χ0) is 33.1. The van der Waals surface area contributed by atoms with Crippen LogP contribution in [0.5, 0.6) is 6.01 Å². The summed E-state index contributed by atoms with van der Waals surface area (Å²) in [5.74, 6) is 0.825. The third kappa shape index (κ3) is 7.25. The molecule has 1 unspecified atom stereocenters. The molecule has 1 amide bonds. The van der Waals surface area contributed by atoms with Crippen LogP contribution >= 0.6 is 11.6 Å². The fourth-order valence-corrected chi connectivity index (χ4v) is 7.62. The number of halogens is 2. The van der Waals surface area contributed by atoms with Gasteiger partial charge in [0.2, 0.25) is 5.91 Å². The summed E-state index contributed by atoms with van der Waals surface area (Å²) in [5.41, 5.74) is 1.70. The predicted molar refractivity (Wildman–Crippen MR) is 181 cm³/mol. The lowest BCUT2D eigenvalue weighted by Crippen LogP contribution is -2.55. The number of amides is 1.